The first-order valence-corrected chi connectivity index (χ1v) is 11.8. The molecule has 10 nitrogen and oxygen atoms in total. The average molecular weight is 480 g/mol. The maximum absolute atomic E-state index is 13.2. The van der Waals surface area contributed by atoms with Crippen LogP contribution < -0.4 is 16.0 Å². The van der Waals surface area contributed by atoms with Crippen LogP contribution in [-0.2, 0) is 19.1 Å². The van der Waals surface area contributed by atoms with Crippen LogP contribution in [0.1, 0.15) is 49.0 Å². The van der Waals surface area contributed by atoms with Gasteiger partial charge in [0, 0.05) is 18.0 Å². The Balaban J connectivity index is 1.46. The van der Waals surface area contributed by atoms with Crippen molar-refractivity contribution in [2.45, 2.75) is 50.6 Å². The Labute approximate surface area is 203 Å². The van der Waals surface area contributed by atoms with Crippen molar-refractivity contribution >= 4 is 40.3 Å². The Morgan fingerprint density at radius 3 is 2.63 bits per heavy atom. The second-order valence-electron chi connectivity index (χ2n) is 9.22. The Kier molecular flexibility index (Phi) is 7.34. The molecule has 0 radical (unpaired) electrons. The molecule has 2 aliphatic rings. The second-order valence-corrected chi connectivity index (χ2v) is 9.22. The highest BCUT2D eigenvalue weighted by Crippen LogP contribution is 2.33. The van der Waals surface area contributed by atoms with Gasteiger partial charge in [0.2, 0.25) is 11.8 Å². The number of nitrogens with zero attached hydrogens (tertiary/aromatic N) is 1. The first-order valence-electron chi connectivity index (χ1n) is 11.8. The Hall–Kier alpha value is -3.87. The highest BCUT2D eigenvalue weighted by molar-refractivity contribution is 6.01. The van der Waals surface area contributed by atoms with Crippen molar-refractivity contribution < 1.29 is 23.9 Å². The van der Waals surface area contributed by atoms with E-state index < -0.39 is 35.8 Å². The first-order chi connectivity index (χ1) is 16.9. The number of benzene rings is 1. The summed E-state index contributed by atoms with van der Waals surface area (Å²) in [5.74, 6) is -1.76. The zero-order chi connectivity index (χ0) is 24.9. The van der Waals surface area contributed by atoms with Crippen LogP contribution in [-0.4, -0.2) is 54.4 Å². The van der Waals surface area contributed by atoms with E-state index in [1.807, 2.05) is 0 Å². The molecule has 0 unspecified atom stereocenters. The number of nitrogens with one attached hydrogen (secondary N) is 4. The number of fused-ring (bicyclic) bond motifs is 1. The van der Waals surface area contributed by atoms with Gasteiger partial charge in [-0.3, -0.25) is 14.4 Å². The topological polar surface area (TPSA) is 134 Å². The highest BCUT2D eigenvalue weighted by atomic mass is 16.5. The number of hydrogen-bond donors (Lipinski definition) is 4. The molecule has 10 heteroatoms. The molecule has 2 aromatic rings. The summed E-state index contributed by atoms with van der Waals surface area (Å²) in [5, 5.41) is 9.08. The first kappa shape index (κ1) is 24.3. The molecule has 1 saturated heterocycles. The van der Waals surface area contributed by atoms with E-state index in [4.69, 9.17) is 11.3 Å². The highest BCUT2D eigenvalue weighted by Gasteiger charge is 2.35. The van der Waals surface area contributed by atoms with Gasteiger partial charge in [-0.15, -0.1) is 0 Å². The summed E-state index contributed by atoms with van der Waals surface area (Å²) in [6, 6.07) is 4.94. The maximum Gasteiger partial charge on any atom is 0.328 e. The van der Waals surface area contributed by atoms with Crippen LogP contribution in [0.4, 0.5) is 5.69 Å². The zero-order valence-electron chi connectivity index (χ0n) is 19.6. The quantitative estimate of drug-likeness (QED) is 0.323. The van der Waals surface area contributed by atoms with Crippen molar-refractivity contribution in [3.8, 4) is 0 Å². The normalized spacial score (nSPS) is 19.2. The molecule has 3 amide bonds. The van der Waals surface area contributed by atoms with Crippen molar-refractivity contribution in [3.63, 3.8) is 0 Å². The Morgan fingerprint density at radius 2 is 1.94 bits per heavy atom. The molecule has 4 rings (SSSR count). The van der Waals surface area contributed by atoms with Gasteiger partial charge in [0.15, 0.2) is 5.69 Å². The number of H-pyrrole nitrogens is 1. The van der Waals surface area contributed by atoms with E-state index in [1.165, 1.54) is 7.11 Å². The number of carbonyl (C=O) groups excluding carboxylic acids is 4. The summed E-state index contributed by atoms with van der Waals surface area (Å²) in [4.78, 5) is 57.2. The van der Waals surface area contributed by atoms with Crippen molar-refractivity contribution in [2.24, 2.45) is 11.8 Å². The lowest BCUT2D eigenvalue weighted by Crippen LogP contribution is -2.53. The van der Waals surface area contributed by atoms with Crippen LogP contribution in [0.3, 0.4) is 0 Å². The lowest BCUT2D eigenvalue weighted by atomic mass is 9.91. The molecule has 3 atom stereocenters. The van der Waals surface area contributed by atoms with Gasteiger partial charge in [-0.25, -0.2) is 9.64 Å². The fourth-order valence-corrected chi connectivity index (χ4v) is 4.43. The average Bonchev–Trinajstić information content (AvgIpc) is 3.58. The van der Waals surface area contributed by atoms with Gasteiger partial charge in [0.1, 0.15) is 17.8 Å². The van der Waals surface area contributed by atoms with E-state index >= 15 is 0 Å². The summed E-state index contributed by atoms with van der Waals surface area (Å²) in [6.45, 7) is 7.75. The van der Waals surface area contributed by atoms with Gasteiger partial charge >= 0.3 is 5.97 Å². The van der Waals surface area contributed by atoms with Crippen LogP contribution in [0.5, 0.6) is 0 Å². The third kappa shape index (κ3) is 5.98. The van der Waals surface area contributed by atoms with Crippen molar-refractivity contribution in [3.05, 3.63) is 41.4 Å². The zero-order valence-corrected chi connectivity index (χ0v) is 19.6. The van der Waals surface area contributed by atoms with E-state index in [2.05, 4.69) is 25.8 Å². The van der Waals surface area contributed by atoms with Gasteiger partial charge in [-0.05, 0) is 49.1 Å². The van der Waals surface area contributed by atoms with Crippen LogP contribution in [0.25, 0.3) is 15.7 Å². The van der Waals surface area contributed by atoms with E-state index in [0.29, 0.717) is 36.5 Å². The smallest absolute Gasteiger partial charge is 0.328 e. The molecule has 2 fully saturated rings. The maximum atomic E-state index is 13.2. The monoisotopic (exact) mass is 479 g/mol. The number of amides is 3. The molecule has 1 aromatic heterocycles. The fourth-order valence-electron chi connectivity index (χ4n) is 4.43. The summed E-state index contributed by atoms with van der Waals surface area (Å²) in [5.41, 5.74) is 1.39. The van der Waals surface area contributed by atoms with Gasteiger partial charge in [0.05, 0.1) is 13.7 Å². The predicted octanol–water partition coefficient (Wildman–Crippen LogP) is 2.19. The van der Waals surface area contributed by atoms with Crippen LogP contribution in [0.2, 0.25) is 0 Å². The van der Waals surface area contributed by atoms with Crippen LogP contribution in [0.15, 0.2) is 24.3 Å². The lowest BCUT2D eigenvalue weighted by Gasteiger charge is -2.27. The van der Waals surface area contributed by atoms with E-state index in [0.717, 1.165) is 24.6 Å². The molecule has 4 N–H and O–H groups in total. The summed E-state index contributed by atoms with van der Waals surface area (Å²) >= 11 is 0. The van der Waals surface area contributed by atoms with Crippen molar-refractivity contribution in [1.82, 2.24) is 20.9 Å². The molecule has 1 saturated carbocycles. The number of methoxy groups -OCH3 is 1. The van der Waals surface area contributed by atoms with E-state index in [9.17, 15) is 19.2 Å². The molecule has 1 aliphatic carbocycles. The summed E-state index contributed by atoms with van der Waals surface area (Å²) in [7, 11) is 1.24. The number of piperidine rings is 1. The van der Waals surface area contributed by atoms with Gasteiger partial charge in [0.25, 0.3) is 5.91 Å². The van der Waals surface area contributed by atoms with Gasteiger partial charge in [-0.1, -0.05) is 25.0 Å². The minimum atomic E-state index is -0.986. The summed E-state index contributed by atoms with van der Waals surface area (Å²) in [6.07, 6.45) is 3.99. The molecular formula is C25H29N5O5. The number of ether oxygens (including phenoxy) is 1. The minimum Gasteiger partial charge on any atom is -0.467 e. The molecule has 1 aliphatic heterocycles. The number of carbonyl (C=O) groups is 4. The number of rotatable bonds is 9. The molecule has 184 valence electrons. The second kappa shape index (κ2) is 10.6. The van der Waals surface area contributed by atoms with E-state index in [-0.39, 0.29) is 18.0 Å². The SMILES string of the molecule is [C-]#[N+]c1ccc2cc(C(=O)N[C@@H](CC3CC3)C(=O)N[C@@H](C[C@@H]3CCCNC3=O)C(=O)OC)[nH]c2c1. The standard InChI is InChI=1S/C25H29N5O5/c1-26-17-8-7-15-11-20(28-18(15)13-17)24(33)29-19(10-14-5-6-14)23(32)30-21(25(34)35-2)12-16-4-3-9-27-22(16)31/h7-8,11,13-14,16,19,21,28H,3-6,9-10,12H2,2H3,(H,27,31)(H,29,33)(H,30,32)/t16-,19-,21-/m0/s1. The molecule has 2 heterocycles. The van der Waals surface area contributed by atoms with Gasteiger partial charge in [-0.2, -0.15) is 0 Å². The molecule has 35 heavy (non-hydrogen) atoms. The largest absolute Gasteiger partial charge is 0.467 e. The lowest BCUT2D eigenvalue weighted by molar-refractivity contribution is -0.146. The predicted molar refractivity (Wildman–Crippen MR) is 127 cm³/mol. The molecule has 1 aromatic carbocycles. The number of aromatic nitrogens is 1. The Morgan fingerprint density at radius 1 is 1.14 bits per heavy atom. The van der Waals surface area contributed by atoms with E-state index in [1.54, 1.807) is 24.3 Å². The van der Waals surface area contributed by atoms with Crippen LogP contribution in [0, 0.1) is 18.4 Å². The number of hydrogen-bond acceptors (Lipinski definition) is 5. The number of esters is 1. The van der Waals surface area contributed by atoms with Crippen molar-refractivity contribution in [2.75, 3.05) is 13.7 Å². The fraction of sp³-hybridized carbons (Fsp3) is 0.480. The van der Waals surface area contributed by atoms with Crippen LogP contribution >= 0.6 is 0 Å². The van der Waals surface area contributed by atoms with Gasteiger partial charge < -0.3 is 25.7 Å². The third-order valence-corrected chi connectivity index (χ3v) is 6.59. The molecule has 0 spiro atoms. The number of aromatic amines is 1. The molecular weight excluding hydrogens is 450 g/mol. The Bertz CT molecular complexity index is 1180. The van der Waals surface area contributed by atoms with Crippen molar-refractivity contribution in [1.29, 1.82) is 0 Å². The third-order valence-electron chi connectivity index (χ3n) is 6.59. The summed E-state index contributed by atoms with van der Waals surface area (Å²) < 4.78 is 4.87. The molecule has 0 bridgehead atoms. The minimum absolute atomic E-state index is 0.137.